The SMILES string of the molecule is C=CC(=O)N1CCCC1.COc1cc(C#Cc2[nH]nc(NC3CCOCC3)c2C(N)=O)cc(OC)c1. The van der Waals surface area contributed by atoms with Gasteiger partial charge in [-0.05, 0) is 49.8 Å². The van der Waals surface area contributed by atoms with E-state index in [0.29, 0.717) is 41.8 Å². The molecular weight excluding hydrogens is 462 g/mol. The molecule has 0 atom stereocenters. The summed E-state index contributed by atoms with van der Waals surface area (Å²) in [6.07, 6.45) is 5.37. The number of aromatic nitrogens is 2. The van der Waals surface area contributed by atoms with E-state index in [2.05, 4.69) is 33.9 Å². The lowest BCUT2D eigenvalue weighted by Gasteiger charge is -2.23. The largest absolute Gasteiger partial charge is 0.497 e. The number of ether oxygens (including phenoxy) is 3. The first-order valence-electron chi connectivity index (χ1n) is 11.8. The van der Waals surface area contributed by atoms with Crippen molar-refractivity contribution in [3.8, 4) is 23.3 Å². The van der Waals surface area contributed by atoms with Crippen molar-refractivity contribution in [3.05, 3.63) is 47.7 Å². The molecule has 4 rings (SSSR count). The number of carbonyl (C=O) groups excluding carboxylic acids is 2. The molecule has 0 radical (unpaired) electrons. The molecule has 0 aliphatic carbocycles. The Morgan fingerprint density at radius 2 is 1.81 bits per heavy atom. The topological polar surface area (TPSA) is 132 Å². The number of methoxy groups -OCH3 is 2. The van der Waals surface area contributed by atoms with Crippen molar-refractivity contribution in [2.24, 2.45) is 5.73 Å². The summed E-state index contributed by atoms with van der Waals surface area (Å²) in [5, 5.41) is 10.2. The first kappa shape index (κ1) is 26.6. The van der Waals surface area contributed by atoms with Crippen LogP contribution in [-0.4, -0.2) is 73.5 Å². The number of nitrogens with two attached hydrogens (primary N) is 1. The quantitative estimate of drug-likeness (QED) is 0.414. The molecule has 0 spiro atoms. The number of amides is 2. The number of H-pyrrole nitrogens is 1. The zero-order chi connectivity index (χ0) is 25.9. The molecule has 36 heavy (non-hydrogen) atoms. The number of carbonyl (C=O) groups is 2. The minimum absolute atomic E-state index is 0.0764. The van der Waals surface area contributed by atoms with E-state index >= 15 is 0 Å². The molecule has 2 aliphatic rings. The third-order valence-corrected chi connectivity index (χ3v) is 5.85. The van der Waals surface area contributed by atoms with Crippen LogP contribution in [0.3, 0.4) is 0 Å². The lowest BCUT2D eigenvalue weighted by molar-refractivity contribution is -0.124. The predicted molar refractivity (Wildman–Crippen MR) is 136 cm³/mol. The van der Waals surface area contributed by atoms with Gasteiger partial charge in [-0.1, -0.05) is 12.5 Å². The maximum absolute atomic E-state index is 11.9. The van der Waals surface area contributed by atoms with Gasteiger partial charge in [0.25, 0.3) is 5.91 Å². The van der Waals surface area contributed by atoms with Crippen LogP contribution < -0.4 is 20.5 Å². The molecule has 2 aromatic rings. The maximum atomic E-state index is 11.9. The Bertz CT molecular complexity index is 1100. The predicted octanol–water partition coefficient (Wildman–Crippen LogP) is 2.31. The molecular formula is C26H33N5O5. The van der Waals surface area contributed by atoms with Gasteiger partial charge in [0, 0.05) is 44.0 Å². The van der Waals surface area contributed by atoms with Crippen LogP contribution in [0.15, 0.2) is 30.9 Å². The number of nitrogens with zero attached hydrogens (tertiary/aromatic N) is 2. The van der Waals surface area contributed by atoms with Crippen LogP contribution in [0.4, 0.5) is 5.82 Å². The Labute approximate surface area is 211 Å². The number of likely N-dealkylation sites (tertiary alicyclic amines) is 1. The number of rotatable bonds is 6. The van der Waals surface area contributed by atoms with Crippen LogP contribution >= 0.6 is 0 Å². The highest BCUT2D eigenvalue weighted by Gasteiger charge is 2.21. The molecule has 0 saturated carbocycles. The van der Waals surface area contributed by atoms with Crippen molar-refractivity contribution in [2.75, 3.05) is 45.8 Å². The van der Waals surface area contributed by atoms with Gasteiger partial charge in [-0.2, -0.15) is 5.10 Å². The van der Waals surface area contributed by atoms with Crippen LogP contribution in [0.5, 0.6) is 11.5 Å². The molecule has 1 aromatic carbocycles. The molecule has 192 valence electrons. The summed E-state index contributed by atoms with van der Waals surface area (Å²) in [6, 6.07) is 5.49. The van der Waals surface area contributed by atoms with E-state index in [4.69, 9.17) is 19.9 Å². The minimum atomic E-state index is -0.592. The van der Waals surface area contributed by atoms with Gasteiger partial charge < -0.3 is 30.2 Å². The maximum Gasteiger partial charge on any atom is 0.255 e. The molecule has 4 N–H and O–H groups in total. The summed E-state index contributed by atoms with van der Waals surface area (Å²) in [4.78, 5) is 24.6. The average molecular weight is 496 g/mol. The number of benzene rings is 1. The molecule has 0 unspecified atom stereocenters. The fourth-order valence-corrected chi connectivity index (χ4v) is 3.89. The van der Waals surface area contributed by atoms with Crippen LogP contribution in [0.25, 0.3) is 0 Å². The number of hydrogen-bond donors (Lipinski definition) is 3. The molecule has 10 heteroatoms. The monoisotopic (exact) mass is 495 g/mol. The fourth-order valence-electron chi connectivity index (χ4n) is 3.89. The number of aromatic amines is 1. The molecule has 1 aromatic heterocycles. The minimum Gasteiger partial charge on any atom is -0.497 e. The Hall–Kier alpha value is -3.97. The van der Waals surface area contributed by atoms with Crippen molar-refractivity contribution in [1.29, 1.82) is 0 Å². The smallest absolute Gasteiger partial charge is 0.255 e. The van der Waals surface area contributed by atoms with E-state index in [1.54, 1.807) is 32.4 Å². The van der Waals surface area contributed by atoms with E-state index < -0.39 is 5.91 Å². The van der Waals surface area contributed by atoms with Gasteiger partial charge in [0.05, 0.1) is 14.2 Å². The van der Waals surface area contributed by atoms with Gasteiger partial charge in [0.15, 0.2) is 5.82 Å². The third-order valence-electron chi connectivity index (χ3n) is 5.85. The summed E-state index contributed by atoms with van der Waals surface area (Å²) < 4.78 is 15.8. The van der Waals surface area contributed by atoms with Crippen molar-refractivity contribution >= 4 is 17.6 Å². The number of anilines is 1. The van der Waals surface area contributed by atoms with Crippen molar-refractivity contribution in [3.63, 3.8) is 0 Å². The summed E-state index contributed by atoms with van der Waals surface area (Å²) >= 11 is 0. The van der Waals surface area contributed by atoms with Crippen LogP contribution in [-0.2, 0) is 9.53 Å². The van der Waals surface area contributed by atoms with Gasteiger partial charge in [0.1, 0.15) is 22.8 Å². The van der Waals surface area contributed by atoms with Crippen molar-refractivity contribution < 1.29 is 23.8 Å². The van der Waals surface area contributed by atoms with Gasteiger partial charge in [-0.3, -0.25) is 14.7 Å². The molecule has 2 saturated heterocycles. The summed E-state index contributed by atoms with van der Waals surface area (Å²) in [5.74, 6) is 7.07. The van der Waals surface area contributed by atoms with E-state index in [0.717, 1.165) is 38.8 Å². The molecule has 2 aliphatic heterocycles. The third kappa shape index (κ3) is 7.26. The van der Waals surface area contributed by atoms with Crippen LogP contribution in [0, 0.1) is 11.8 Å². The lowest BCUT2D eigenvalue weighted by Crippen LogP contribution is -2.29. The highest BCUT2D eigenvalue weighted by Crippen LogP contribution is 2.23. The summed E-state index contributed by atoms with van der Waals surface area (Å²) in [5.41, 5.74) is 6.84. The number of primary amides is 1. The average Bonchev–Trinajstić information content (AvgIpc) is 3.58. The van der Waals surface area contributed by atoms with Crippen LogP contribution in [0.1, 0.15) is 47.3 Å². The Morgan fingerprint density at radius 3 is 2.36 bits per heavy atom. The van der Waals surface area contributed by atoms with Crippen molar-refractivity contribution in [1.82, 2.24) is 15.1 Å². The van der Waals surface area contributed by atoms with Gasteiger partial charge in [-0.15, -0.1) is 0 Å². The van der Waals surface area contributed by atoms with Crippen LogP contribution in [0.2, 0.25) is 0 Å². The molecule has 2 fully saturated rings. The molecule has 3 heterocycles. The van der Waals surface area contributed by atoms with E-state index in [-0.39, 0.29) is 17.5 Å². The highest BCUT2D eigenvalue weighted by molar-refractivity contribution is 5.99. The Kier molecular flexibility index (Phi) is 9.77. The second-order valence-electron chi connectivity index (χ2n) is 8.31. The first-order chi connectivity index (χ1) is 17.4. The number of hydrogen-bond acceptors (Lipinski definition) is 7. The molecule has 2 amide bonds. The Balaban J connectivity index is 0.000000338. The second-order valence-corrected chi connectivity index (χ2v) is 8.31. The van der Waals surface area contributed by atoms with E-state index in [1.807, 2.05) is 4.90 Å². The second kappa shape index (κ2) is 13.2. The van der Waals surface area contributed by atoms with E-state index in [9.17, 15) is 9.59 Å². The first-order valence-corrected chi connectivity index (χ1v) is 11.8. The lowest BCUT2D eigenvalue weighted by atomic mass is 10.1. The van der Waals surface area contributed by atoms with Crippen molar-refractivity contribution in [2.45, 2.75) is 31.7 Å². The highest BCUT2D eigenvalue weighted by atomic mass is 16.5. The van der Waals surface area contributed by atoms with E-state index in [1.165, 1.54) is 6.08 Å². The standard InChI is InChI=1S/C19H22N4O4.C7H11NO/c1-25-14-9-12(10-15(11-14)26-2)3-4-16-17(18(20)24)19(23-22-16)21-13-5-7-27-8-6-13;1-2-7(9)8-5-3-4-6-8/h9-11,13H,5-8H2,1-2H3,(H2,20,24)(H2,21,22,23);2H,1,3-6H2. The van der Waals surface area contributed by atoms with Gasteiger partial charge in [-0.25, -0.2) is 0 Å². The van der Waals surface area contributed by atoms with Gasteiger partial charge in [0.2, 0.25) is 5.91 Å². The fraction of sp³-hybridized carbons (Fsp3) is 0.423. The molecule has 10 nitrogen and oxygen atoms in total. The van der Waals surface area contributed by atoms with Gasteiger partial charge >= 0.3 is 0 Å². The summed E-state index contributed by atoms with van der Waals surface area (Å²) in [6.45, 7) is 6.61. The number of nitrogens with one attached hydrogen (secondary N) is 2. The summed E-state index contributed by atoms with van der Waals surface area (Å²) in [7, 11) is 3.14. The normalized spacial score (nSPS) is 15.1. The zero-order valence-electron chi connectivity index (χ0n) is 20.8. The zero-order valence-corrected chi connectivity index (χ0v) is 20.8. The molecule has 0 bridgehead atoms. The Morgan fingerprint density at radius 1 is 1.17 bits per heavy atom.